The van der Waals surface area contributed by atoms with E-state index in [0.29, 0.717) is 25.8 Å². The van der Waals surface area contributed by atoms with Crippen molar-refractivity contribution < 1.29 is 9.53 Å². The molecule has 4 heteroatoms. The first-order valence-electron chi connectivity index (χ1n) is 7.11. The maximum Gasteiger partial charge on any atom is 0.234 e. The largest absolute Gasteiger partial charge is 0.376 e. The lowest BCUT2D eigenvalue weighted by atomic mass is 9.98. The molecule has 0 unspecified atom stereocenters. The molecule has 0 bridgehead atoms. The van der Waals surface area contributed by atoms with Crippen LogP contribution in [0.15, 0.2) is 0 Å². The first-order chi connectivity index (χ1) is 8.47. The van der Waals surface area contributed by atoms with Crippen LogP contribution < -0.4 is 10.6 Å². The lowest BCUT2D eigenvalue weighted by molar-refractivity contribution is -0.120. The van der Waals surface area contributed by atoms with Crippen LogP contribution in [-0.2, 0) is 9.53 Å². The number of nitrogens with one attached hydrogen (secondary N) is 2. The minimum absolute atomic E-state index is 0.0179. The molecular weight excluding hydrogens is 228 g/mol. The van der Waals surface area contributed by atoms with E-state index in [0.717, 1.165) is 0 Å². The first kappa shape index (κ1) is 15.4. The minimum atomic E-state index is -0.0179. The van der Waals surface area contributed by atoms with Crippen molar-refractivity contribution in [2.75, 3.05) is 19.7 Å². The van der Waals surface area contributed by atoms with Crippen molar-refractivity contribution in [2.24, 2.45) is 0 Å². The van der Waals surface area contributed by atoms with Gasteiger partial charge in [0.15, 0.2) is 0 Å². The maximum absolute atomic E-state index is 11.5. The highest BCUT2D eigenvalue weighted by Gasteiger charge is 2.14. The summed E-state index contributed by atoms with van der Waals surface area (Å²) in [6.45, 7) is 7.76. The van der Waals surface area contributed by atoms with Gasteiger partial charge in [0, 0.05) is 12.1 Å². The third-order valence-corrected chi connectivity index (χ3v) is 3.11. The molecule has 0 saturated heterocycles. The van der Waals surface area contributed by atoms with Crippen molar-refractivity contribution in [2.45, 2.75) is 64.5 Å². The summed E-state index contributed by atoms with van der Waals surface area (Å²) in [5.74, 6) is 0.0390. The number of rotatable bonds is 6. The van der Waals surface area contributed by atoms with Crippen LogP contribution in [0.2, 0.25) is 0 Å². The quantitative estimate of drug-likeness (QED) is 0.713. The Kier molecular flexibility index (Phi) is 6.65. The van der Waals surface area contributed by atoms with Gasteiger partial charge in [-0.1, -0.05) is 19.3 Å². The number of ether oxygens (including phenoxy) is 1. The summed E-state index contributed by atoms with van der Waals surface area (Å²) in [5, 5.41) is 6.03. The molecule has 0 aliphatic heterocycles. The molecule has 1 fully saturated rings. The molecule has 4 nitrogen and oxygen atoms in total. The fourth-order valence-electron chi connectivity index (χ4n) is 2.06. The molecular formula is C14H28N2O2. The lowest BCUT2D eigenvalue weighted by Crippen LogP contribution is -2.44. The van der Waals surface area contributed by atoms with Gasteiger partial charge in [0.2, 0.25) is 5.91 Å². The van der Waals surface area contributed by atoms with Gasteiger partial charge in [0.05, 0.1) is 19.3 Å². The minimum Gasteiger partial charge on any atom is -0.376 e. The summed E-state index contributed by atoms with van der Waals surface area (Å²) < 4.78 is 5.74. The second kappa shape index (κ2) is 7.74. The van der Waals surface area contributed by atoms with Gasteiger partial charge in [-0.2, -0.15) is 0 Å². The number of carbonyl (C=O) groups excluding carboxylic acids is 1. The van der Waals surface area contributed by atoms with E-state index in [1.165, 1.54) is 32.1 Å². The topological polar surface area (TPSA) is 50.4 Å². The summed E-state index contributed by atoms with van der Waals surface area (Å²) in [5.41, 5.74) is -0.0179. The lowest BCUT2D eigenvalue weighted by Gasteiger charge is -2.22. The van der Waals surface area contributed by atoms with Gasteiger partial charge in [-0.25, -0.2) is 0 Å². The molecule has 1 rings (SSSR count). The van der Waals surface area contributed by atoms with E-state index in [4.69, 9.17) is 4.74 Å². The predicted molar refractivity (Wildman–Crippen MR) is 73.6 cm³/mol. The molecule has 1 saturated carbocycles. The van der Waals surface area contributed by atoms with E-state index < -0.39 is 0 Å². The Morgan fingerprint density at radius 2 is 1.89 bits per heavy atom. The zero-order chi connectivity index (χ0) is 13.4. The predicted octanol–water partition coefficient (Wildman–Crippen LogP) is 1.84. The Balaban J connectivity index is 1.98. The summed E-state index contributed by atoms with van der Waals surface area (Å²) >= 11 is 0. The normalized spacial score (nSPS) is 17.7. The third-order valence-electron chi connectivity index (χ3n) is 3.11. The summed E-state index contributed by atoms with van der Waals surface area (Å²) in [4.78, 5) is 11.5. The molecule has 1 aliphatic rings. The van der Waals surface area contributed by atoms with Gasteiger partial charge in [0.25, 0.3) is 0 Å². The SMILES string of the molecule is CC(C)(C)NCC(=O)NCCOC1CCCCC1. The van der Waals surface area contributed by atoms with Crippen LogP contribution in [0.3, 0.4) is 0 Å². The van der Waals surface area contributed by atoms with Crippen molar-refractivity contribution >= 4 is 5.91 Å². The van der Waals surface area contributed by atoms with Crippen molar-refractivity contribution in [3.63, 3.8) is 0 Å². The van der Waals surface area contributed by atoms with E-state index in [9.17, 15) is 4.79 Å². The highest BCUT2D eigenvalue weighted by atomic mass is 16.5. The first-order valence-corrected chi connectivity index (χ1v) is 7.11. The average Bonchev–Trinajstić information content (AvgIpc) is 2.33. The van der Waals surface area contributed by atoms with Crippen molar-refractivity contribution in [3.8, 4) is 0 Å². The monoisotopic (exact) mass is 256 g/mol. The van der Waals surface area contributed by atoms with Crippen molar-refractivity contribution in [3.05, 3.63) is 0 Å². The summed E-state index contributed by atoms with van der Waals surface area (Å²) in [6, 6.07) is 0. The fraction of sp³-hybridized carbons (Fsp3) is 0.929. The van der Waals surface area contributed by atoms with Gasteiger partial charge >= 0.3 is 0 Å². The Bertz CT molecular complexity index is 243. The molecule has 0 heterocycles. The molecule has 106 valence electrons. The van der Waals surface area contributed by atoms with E-state index in [2.05, 4.69) is 10.6 Å². The number of carbonyl (C=O) groups is 1. The zero-order valence-electron chi connectivity index (χ0n) is 12.1. The molecule has 2 N–H and O–H groups in total. The molecule has 1 aliphatic carbocycles. The molecule has 0 atom stereocenters. The van der Waals surface area contributed by atoms with Crippen LogP contribution in [0.5, 0.6) is 0 Å². The molecule has 0 radical (unpaired) electrons. The van der Waals surface area contributed by atoms with Crippen LogP contribution in [0, 0.1) is 0 Å². The molecule has 18 heavy (non-hydrogen) atoms. The van der Waals surface area contributed by atoms with Crippen LogP contribution >= 0.6 is 0 Å². The number of amides is 1. The molecule has 0 spiro atoms. The Morgan fingerprint density at radius 3 is 2.50 bits per heavy atom. The maximum atomic E-state index is 11.5. The van der Waals surface area contributed by atoms with Gasteiger partial charge in [-0.15, -0.1) is 0 Å². The summed E-state index contributed by atoms with van der Waals surface area (Å²) in [7, 11) is 0. The molecule has 0 aromatic heterocycles. The van der Waals surface area contributed by atoms with Crippen molar-refractivity contribution in [1.29, 1.82) is 0 Å². The van der Waals surface area contributed by atoms with E-state index >= 15 is 0 Å². The third kappa shape index (κ3) is 7.67. The molecule has 1 amide bonds. The smallest absolute Gasteiger partial charge is 0.234 e. The highest BCUT2D eigenvalue weighted by Crippen LogP contribution is 2.19. The number of hydrogen-bond donors (Lipinski definition) is 2. The molecule has 0 aromatic rings. The van der Waals surface area contributed by atoms with Crippen LogP contribution in [0.1, 0.15) is 52.9 Å². The average molecular weight is 256 g/mol. The highest BCUT2D eigenvalue weighted by molar-refractivity contribution is 5.78. The second-order valence-corrected chi connectivity index (χ2v) is 6.08. The Labute approximate surface area is 111 Å². The number of hydrogen-bond acceptors (Lipinski definition) is 3. The standard InChI is InChI=1S/C14H28N2O2/c1-14(2,3)16-11-13(17)15-9-10-18-12-7-5-4-6-8-12/h12,16H,4-11H2,1-3H3,(H,15,17). The Morgan fingerprint density at radius 1 is 1.22 bits per heavy atom. The fourth-order valence-corrected chi connectivity index (χ4v) is 2.06. The van der Waals surface area contributed by atoms with Crippen LogP contribution in [0.4, 0.5) is 0 Å². The van der Waals surface area contributed by atoms with Gasteiger partial charge in [-0.05, 0) is 33.6 Å². The van der Waals surface area contributed by atoms with Gasteiger partial charge in [-0.3, -0.25) is 4.79 Å². The van der Waals surface area contributed by atoms with E-state index in [-0.39, 0.29) is 11.4 Å². The second-order valence-electron chi connectivity index (χ2n) is 6.08. The zero-order valence-corrected chi connectivity index (χ0v) is 12.1. The Hall–Kier alpha value is -0.610. The van der Waals surface area contributed by atoms with Gasteiger partial charge in [0.1, 0.15) is 0 Å². The molecule has 0 aromatic carbocycles. The summed E-state index contributed by atoms with van der Waals surface area (Å²) in [6.07, 6.45) is 6.69. The van der Waals surface area contributed by atoms with E-state index in [1.54, 1.807) is 0 Å². The van der Waals surface area contributed by atoms with E-state index in [1.807, 2.05) is 20.8 Å². The van der Waals surface area contributed by atoms with Gasteiger partial charge < -0.3 is 15.4 Å². The van der Waals surface area contributed by atoms with Crippen LogP contribution in [-0.4, -0.2) is 37.2 Å². The van der Waals surface area contributed by atoms with Crippen molar-refractivity contribution in [1.82, 2.24) is 10.6 Å². The van der Waals surface area contributed by atoms with Crippen LogP contribution in [0.25, 0.3) is 0 Å².